The van der Waals surface area contributed by atoms with Crippen molar-refractivity contribution in [3.63, 3.8) is 0 Å². The Balaban J connectivity index is 1.61. The fourth-order valence-corrected chi connectivity index (χ4v) is 4.10. The molecular weight excluding hydrogens is 260 g/mol. The summed E-state index contributed by atoms with van der Waals surface area (Å²) in [4.78, 5) is 19.4. The lowest BCUT2D eigenvalue weighted by Crippen LogP contribution is -2.42. The van der Waals surface area contributed by atoms with E-state index in [4.69, 9.17) is 0 Å². The highest BCUT2D eigenvalue weighted by molar-refractivity contribution is 6.01. The summed E-state index contributed by atoms with van der Waals surface area (Å²) in [6.45, 7) is 0. The van der Waals surface area contributed by atoms with Gasteiger partial charge in [0.1, 0.15) is 0 Å². The molecule has 2 aromatic rings. The number of rotatable bonds is 2. The van der Waals surface area contributed by atoms with Crippen LogP contribution in [0.5, 0.6) is 0 Å². The Morgan fingerprint density at radius 3 is 2.67 bits per heavy atom. The minimum Gasteiger partial charge on any atom is -0.300 e. The summed E-state index contributed by atoms with van der Waals surface area (Å²) in [6.07, 6.45) is 8.20. The molecule has 2 unspecified atom stereocenters. The Morgan fingerprint density at radius 2 is 1.90 bits per heavy atom. The number of carbonyl (C=O) groups excluding carboxylic acids is 1. The molecule has 0 spiro atoms. The third-order valence-corrected chi connectivity index (χ3v) is 5.39. The topological polar surface area (TPSA) is 33.2 Å². The molecule has 2 aliphatic heterocycles. The lowest BCUT2D eigenvalue weighted by Gasteiger charge is -2.35. The van der Waals surface area contributed by atoms with Crippen LogP contribution in [0.25, 0.3) is 10.8 Å². The van der Waals surface area contributed by atoms with Crippen molar-refractivity contribution in [3.8, 4) is 0 Å². The van der Waals surface area contributed by atoms with Crippen molar-refractivity contribution >= 4 is 16.6 Å². The molecule has 108 valence electrons. The van der Waals surface area contributed by atoms with Crippen LogP contribution < -0.4 is 0 Å². The van der Waals surface area contributed by atoms with E-state index in [0.717, 1.165) is 29.2 Å². The molecule has 2 saturated heterocycles. The second-order valence-corrected chi connectivity index (χ2v) is 6.52. The molecule has 0 saturated carbocycles. The SMILES string of the molecule is CN1C2CCC1CC(C(=O)c1ccc3cnccc3c1)C2. The van der Waals surface area contributed by atoms with Crippen molar-refractivity contribution < 1.29 is 4.79 Å². The summed E-state index contributed by atoms with van der Waals surface area (Å²) in [7, 11) is 2.21. The first kappa shape index (κ1) is 13.0. The lowest BCUT2D eigenvalue weighted by molar-refractivity contribution is 0.0767. The molecule has 0 radical (unpaired) electrons. The van der Waals surface area contributed by atoms with Crippen molar-refractivity contribution in [3.05, 3.63) is 42.2 Å². The van der Waals surface area contributed by atoms with E-state index in [1.165, 1.54) is 12.8 Å². The van der Waals surface area contributed by atoms with Gasteiger partial charge in [-0.15, -0.1) is 0 Å². The first-order valence-corrected chi connectivity index (χ1v) is 7.82. The average Bonchev–Trinajstić information content (AvgIpc) is 2.75. The molecule has 21 heavy (non-hydrogen) atoms. The number of ketones is 1. The molecule has 3 heteroatoms. The number of nitrogens with zero attached hydrogens (tertiary/aromatic N) is 2. The van der Waals surface area contributed by atoms with Crippen LogP contribution in [0, 0.1) is 5.92 Å². The lowest BCUT2D eigenvalue weighted by atomic mass is 9.84. The molecule has 4 rings (SSSR count). The van der Waals surface area contributed by atoms with Crippen LogP contribution in [0.15, 0.2) is 36.7 Å². The first-order chi connectivity index (χ1) is 10.2. The fraction of sp³-hybridized carbons (Fsp3) is 0.444. The number of benzene rings is 1. The largest absolute Gasteiger partial charge is 0.300 e. The van der Waals surface area contributed by atoms with E-state index < -0.39 is 0 Å². The average molecular weight is 280 g/mol. The highest BCUT2D eigenvalue weighted by Gasteiger charge is 2.40. The van der Waals surface area contributed by atoms with E-state index >= 15 is 0 Å². The van der Waals surface area contributed by atoms with Gasteiger partial charge in [-0.1, -0.05) is 12.1 Å². The summed E-state index contributed by atoms with van der Waals surface area (Å²) >= 11 is 0. The summed E-state index contributed by atoms with van der Waals surface area (Å²) in [6, 6.07) is 9.21. The van der Waals surface area contributed by atoms with Gasteiger partial charge in [0.15, 0.2) is 5.78 Å². The van der Waals surface area contributed by atoms with Gasteiger partial charge >= 0.3 is 0 Å². The molecule has 0 N–H and O–H groups in total. The summed E-state index contributed by atoms with van der Waals surface area (Å²) in [5.74, 6) is 0.539. The third kappa shape index (κ3) is 2.16. The van der Waals surface area contributed by atoms with Crippen molar-refractivity contribution in [2.45, 2.75) is 37.8 Å². The molecular formula is C18H20N2O. The van der Waals surface area contributed by atoms with E-state index in [1.807, 2.05) is 30.5 Å². The zero-order valence-electron chi connectivity index (χ0n) is 12.3. The van der Waals surface area contributed by atoms with Gasteiger partial charge in [-0.25, -0.2) is 0 Å². The molecule has 3 nitrogen and oxygen atoms in total. The van der Waals surface area contributed by atoms with Gasteiger partial charge in [0.05, 0.1) is 0 Å². The van der Waals surface area contributed by atoms with Gasteiger partial charge in [0.2, 0.25) is 0 Å². The maximum atomic E-state index is 12.8. The fourth-order valence-electron chi connectivity index (χ4n) is 4.10. The quantitative estimate of drug-likeness (QED) is 0.791. The summed E-state index contributed by atoms with van der Waals surface area (Å²) in [5, 5.41) is 2.20. The van der Waals surface area contributed by atoms with Crippen LogP contribution >= 0.6 is 0 Å². The molecule has 2 bridgehead atoms. The minimum absolute atomic E-state index is 0.206. The second kappa shape index (κ2) is 4.92. The molecule has 2 atom stereocenters. The normalized spacial score (nSPS) is 28.9. The van der Waals surface area contributed by atoms with Crippen molar-refractivity contribution in [2.75, 3.05) is 7.05 Å². The van der Waals surface area contributed by atoms with Crippen molar-refractivity contribution in [1.29, 1.82) is 0 Å². The Morgan fingerprint density at radius 1 is 1.14 bits per heavy atom. The molecule has 2 aliphatic rings. The zero-order chi connectivity index (χ0) is 14.4. The van der Waals surface area contributed by atoms with Gasteiger partial charge in [-0.2, -0.15) is 0 Å². The number of Topliss-reactive ketones (excluding diaryl/α,β-unsaturated/α-hetero) is 1. The maximum absolute atomic E-state index is 12.8. The molecule has 3 heterocycles. The monoisotopic (exact) mass is 280 g/mol. The van der Waals surface area contributed by atoms with Gasteiger partial charge in [-0.3, -0.25) is 9.78 Å². The number of hydrogen-bond donors (Lipinski definition) is 0. The first-order valence-electron chi connectivity index (χ1n) is 7.82. The third-order valence-electron chi connectivity index (χ3n) is 5.39. The van der Waals surface area contributed by atoms with Crippen LogP contribution in [0.2, 0.25) is 0 Å². The highest BCUT2D eigenvalue weighted by Crippen LogP contribution is 2.38. The molecule has 0 amide bonds. The molecule has 1 aromatic carbocycles. The maximum Gasteiger partial charge on any atom is 0.166 e. The number of fused-ring (bicyclic) bond motifs is 3. The van der Waals surface area contributed by atoms with Crippen LogP contribution in [0.1, 0.15) is 36.0 Å². The molecule has 0 aliphatic carbocycles. The Labute approximate surface area is 125 Å². The van der Waals surface area contributed by atoms with E-state index in [1.54, 1.807) is 6.20 Å². The van der Waals surface area contributed by atoms with Gasteiger partial charge in [-0.05, 0) is 50.2 Å². The Hall–Kier alpha value is -1.74. The van der Waals surface area contributed by atoms with Crippen LogP contribution in [-0.4, -0.2) is 34.8 Å². The predicted molar refractivity (Wildman–Crippen MR) is 83.4 cm³/mol. The Kier molecular flexibility index (Phi) is 3.03. The van der Waals surface area contributed by atoms with Crippen molar-refractivity contribution in [1.82, 2.24) is 9.88 Å². The van der Waals surface area contributed by atoms with Crippen LogP contribution in [-0.2, 0) is 0 Å². The number of carbonyl (C=O) groups is 1. The summed E-state index contributed by atoms with van der Waals surface area (Å²) in [5.41, 5.74) is 0.864. The smallest absolute Gasteiger partial charge is 0.166 e. The number of aromatic nitrogens is 1. The zero-order valence-corrected chi connectivity index (χ0v) is 12.3. The van der Waals surface area contributed by atoms with Crippen LogP contribution in [0.3, 0.4) is 0 Å². The number of hydrogen-bond acceptors (Lipinski definition) is 3. The summed E-state index contributed by atoms with van der Waals surface area (Å²) < 4.78 is 0. The second-order valence-electron chi connectivity index (χ2n) is 6.52. The molecule has 1 aromatic heterocycles. The standard InChI is InChI=1S/C18H20N2O/c1-20-16-4-5-17(20)10-15(9-16)18(21)13-2-3-14-11-19-7-6-12(14)8-13/h2-3,6-8,11,15-17H,4-5,9-10H2,1H3. The van der Waals surface area contributed by atoms with E-state index in [2.05, 4.69) is 16.9 Å². The number of pyridine rings is 1. The number of piperidine rings is 1. The molecule has 2 fully saturated rings. The highest BCUT2D eigenvalue weighted by atomic mass is 16.1. The predicted octanol–water partition coefficient (Wildman–Crippen LogP) is 3.29. The van der Waals surface area contributed by atoms with E-state index in [0.29, 0.717) is 17.9 Å². The van der Waals surface area contributed by atoms with Gasteiger partial charge < -0.3 is 4.90 Å². The van der Waals surface area contributed by atoms with E-state index in [9.17, 15) is 4.79 Å². The van der Waals surface area contributed by atoms with E-state index in [-0.39, 0.29) is 5.92 Å². The minimum atomic E-state index is 0.206. The Bertz CT molecular complexity index is 682. The van der Waals surface area contributed by atoms with Crippen molar-refractivity contribution in [2.24, 2.45) is 5.92 Å². The van der Waals surface area contributed by atoms with Gasteiger partial charge in [0, 0.05) is 41.3 Å². The van der Waals surface area contributed by atoms with Crippen LogP contribution in [0.4, 0.5) is 0 Å². The van der Waals surface area contributed by atoms with Gasteiger partial charge in [0.25, 0.3) is 0 Å².